The molecule has 0 aliphatic heterocycles. The van der Waals surface area contributed by atoms with Crippen LogP contribution in [0.1, 0.15) is 0 Å². The van der Waals surface area contributed by atoms with Crippen LogP contribution in [0.25, 0.3) is 130 Å². The highest BCUT2D eigenvalue weighted by molar-refractivity contribution is 6.37. The largest absolute Gasteiger partial charge is 0.455 e. The van der Waals surface area contributed by atoms with Gasteiger partial charge in [-0.1, -0.05) is 164 Å². The molecule has 0 aliphatic rings. The van der Waals surface area contributed by atoms with Gasteiger partial charge in [-0.25, -0.2) is 0 Å². The monoisotopic (exact) mass is 694 g/mol. The maximum atomic E-state index is 6.67. The molecule has 55 heavy (non-hydrogen) atoms. The molecule has 0 fully saturated rings. The molecule has 1 heteroatoms. The minimum absolute atomic E-state index is 0.913. The molecule has 0 atom stereocenters. The quantitative estimate of drug-likeness (QED) is 0.130. The topological polar surface area (TPSA) is 13.1 Å². The number of rotatable bonds is 2. The highest BCUT2D eigenvalue weighted by Crippen LogP contribution is 2.49. The van der Waals surface area contributed by atoms with Crippen molar-refractivity contribution in [1.29, 1.82) is 0 Å². The molecule has 0 unspecified atom stereocenters. The van der Waals surface area contributed by atoms with Gasteiger partial charge >= 0.3 is 0 Å². The second-order valence-corrected chi connectivity index (χ2v) is 15.1. The Labute approximate surface area is 315 Å². The molecular weight excluding hydrogens is 665 g/mol. The van der Waals surface area contributed by atoms with Crippen molar-refractivity contribution in [3.05, 3.63) is 182 Å². The molecule has 0 spiro atoms. The van der Waals surface area contributed by atoms with Gasteiger partial charge in [-0.15, -0.1) is 0 Å². The molecule has 1 heterocycles. The summed E-state index contributed by atoms with van der Waals surface area (Å²) in [5.74, 6) is 0. The first-order valence-corrected chi connectivity index (χ1v) is 19.1. The van der Waals surface area contributed by atoms with Gasteiger partial charge in [-0.2, -0.15) is 0 Å². The number of furan rings is 1. The van der Waals surface area contributed by atoms with E-state index < -0.39 is 0 Å². The Balaban J connectivity index is 1.22. The fourth-order valence-corrected chi connectivity index (χ4v) is 10.1. The van der Waals surface area contributed by atoms with Crippen LogP contribution in [0.15, 0.2) is 186 Å². The molecule has 0 radical (unpaired) electrons. The zero-order valence-corrected chi connectivity index (χ0v) is 29.7. The van der Waals surface area contributed by atoms with Crippen LogP contribution in [-0.4, -0.2) is 0 Å². The summed E-state index contributed by atoms with van der Waals surface area (Å²) in [5, 5.41) is 22.7. The fourth-order valence-electron chi connectivity index (χ4n) is 10.1. The first-order valence-electron chi connectivity index (χ1n) is 19.1. The molecular formula is C54H30O. The number of para-hydroxylation sites is 2. The minimum atomic E-state index is 0.913. The van der Waals surface area contributed by atoms with Crippen molar-refractivity contribution in [1.82, 2.24) is 0 Å². The van der Waals surface area contributed by atoms with Crippen molar-refractivity contribution in [3.63, 3.8) is 0 Å². The van der Waals surface area contributed by atoms with E-state index in [9.17, 15) is 0 Å². The number of fused-ring (bicyclic) bond motifs is 7. The summed E-state index contributed by atoms with van der Waals surface area (Å²) in [6.45, 7) is 0. The van der Waals surface area contributed by atoms with E-state index in [4.69, 9.17) is 4.42 Å². The maximum absolute atomic E-state index is 6.67. The van der Waals surface area contributed by atoms with E-state index in [1.54, 1.807) is 0 Å². The molecule has 0 bridgehead atoms. The van der Waals surface area contributed by atoms with Gasteiger partial charge in [-0.05, 0) is 116 Å². The van der Waals surface area contributed by atoms with Gasteiger partial charge in [0.2, 0.25) is 0 Å². The zero-order valence-electron chi connectivity index (χ0n) is 29.7. The van der Waals surface area contributed by atoms with E-state index in [1.165, 1.54) is 103 Å². The third kappa shape index (κ3) is 3.87. The van der Waals surface area contributed by atoms with Crippen molar-refractivity contribution in [3.8, 4) is 22.3 Å². The normalized spacial score (nSPS) is 12.4. The summed E-state index contributed by atoms with van der Waals surface area (Å²) < 4.78 is 6.67. The SMILES string of the molecule is c1ccc2c(c1)oc1c(-c3c4ccccc4c(-c4cc5ccc6cccc7c8cccc9ccc%10cccc(c(c4)c5c67)c%10c98)c4ccccc34)cccc12. The van der Waals surface area contributed by atoms with Gasteiger partial charge in [0.25, 0.3) is 0 Å². The lowest BCUT2D eigenvalue weighted by Gasteiger charge is -2.20. The van der Waals surface area contributed by atoms with Crippen LogP contribution >= 0.6 is 0 Å². The predicted molar refractivity (Wildman–Crippen MR) is 236 cm³/mol. The van der Waals surface area contributed by atoms with E-state index in [-0.39, 0.29) is 0 Å². The van der Waals surface area contributed by atoms with E-state index in [1.807, 2.05) is 6.07 Å². The van der Waals surface area contributed by atoms with Gasteiger partial charge in [0.15, 0.2) is 0 Å². The average molecular weight is 695 g/mol. The van der Waals surface area contributed by atoms with Gasteiger partial charge in [0, 0.05) is 21.9 Å². The minimum Gasteiger partial charge on any atom is -0.455 e. The molecule has 0 aliphatic carbocycles. The summed E-state index contributed by atoms with van der Waals surface area (Å²) in [7, 11) is 0. The lowest BCUT2D eigenvalue weighted by molar-refractivity contribution is 0.670. The van der Waals surface area contributed by atoms with Gasteiger partial charge in [0.1, 0.15) is 11.2 Å². The second kappa shape index (κ2) is 10.7. The van der Waals surface area contributed by atoms with E-state index in [0.29, 0.717) is 0 Å². The van der Waals surface area contributed by atoms with Crippen LogP contribution in [0.4, 0.5) is 0 Å². The van der Waals surface area contributed by atoms with Crippen molar-refractivity contribution in [2.75, 3.05) is 0 Å². The Hall–Kier alpha value is -7.22. The molecule has 0 saturated carbocycles. The third-order valence-corrected chi connectivity index (χ3v) is 12.3. The van der Waals surface area contributed by atoms with Gasteiger partial charge < -0.3 is 4.42 Å². The molecule has 12 aromatic carbocycles. The Morgan fingerprint density at radius 2 is 0.709 bits per heavy atom. The van der Waals surface area contributed by atoms with Crippen molar-refractivity contribution < 1.29 is 4.42 Å². The Bertz CT molecular complexity index is 3710. The lowest BCUT2D eigenvalue weighted by Crippen LogP contribution is -1.92. The Kier molecular flexibility index (Phi) is 5.69. The standard InChI is InChI=1S/C54H30O/c1-3-17-41-37(15-1)48(38-16-2-4-18-42(38)53(41)45-23-10-22-44-36-14-5-6-24-47(36)55-54(44)45)35-29-34-28-27-33-12-8-20-40-39-19-7-11-31-25-26-32-13-9-21-43(51(32)49(31)39)46(30-35)52(34)50(33)40/h1-30H. The molecule has 1 aromatic heterocycles. The average Bonchev–Trinajstić information content (AvgIpc) is 3.63. The smallest absolute Gasteiger partial charge is 0.143 e. The van der Waals surface area contributed by atoms with Crippen LogP contribution in [0.3, 0.4) is 0 Å². The van der Waals surface area contributed by atoms with Crippen molar-refractivity contribution >= 4 is 108 Å². The van der Waals surface area contributed by atoms with Crippen molar-refractivity contribution in [2.45, 2.75) is 0 Å². The second-order valence-electron chi connectivity index (χ2n) is 15.1. The van der Waals surface area contributed by atoms with Crippen LogP contribution in [0, 0.1) is 0 Å². The maximum Gasteiger partial charge on any atom is 0.143 e. The molecule has 1 nitrogen and oxygen atoms in total. The third-order valence-electron chi connectivity index (χ3n) is 12.3. The summed E-state index contributed by atoms with van der Waals surface area (Å²) in [6, 6.07) is 67.5. The van der Waals surface area contributed by atoms with Crippen LogP contribution in [0.2, 0.25) is 0 Å². The highest BCUT2D eigenvalue weighted by atomic mass is 16.3. The van der Waals surface area contributed by atoms with Crippen LogP contribution in [-0.2, 0) is 0 Å². The number of benzene rings is 11. The summed E-state index contributed by atoms with van der Waals surface area (Å²) in [4.78, 5) is 0. The number of hydrogen-bond acceptors (Lipinski definition) is 1. The Morgan fingerprint density at radius 3 is 1.31 bits per heavy atom. The van der Waals surface area contributed by atoms with E-state index in [0.717, 1.165) is 27.5 Å². The molecule has 13 aromatic rings. The lowest BCUT2D eigenvalue weighted by atomic mass is 9.83. The summed E-state index contributed by atoms with van der Waals surface area (Å²) in [6.07, 6.45) is 0. The van der Waals surface area contributed by atoms with E-state index >= 15 is 0 Å². The Morgan fingerprint density at radius 1 is 0.273 bits per heavy atom. The molecule has 0 amide bonds. The van der Waals surface area contributed by atoms with Gasteiger partial charge in [-0.3, -0.25) is 0 Å². The van der Waals surface area contributed by atoms with Crippen LogP contribution in [0.5, 0.6) is 0 Å². The van der Waals surface area contributed by atoms with E-state index in [2.05, 4.69) is 176 Å². The van der Waals surface area contributed by atoms with Crippen LogP contribution < -0.4 is 0 Å². The molecule has 0 N–H and O–H groups in total. The highest BCUT2D eigenvalue weighted by Gasteiger charge is 2.22. The first-order chi connectivity index (χ1) is 27.3. The molecule has 252 valence electrons. The van der Waals surface area contributed by atoms with Gasteiger partial charge in [0.05, 0.1) is 0 Å². The fraction of sp³-hybridized carbons (Fsp3) is 0. The molecule has 0 saturated heterocycles. The first kappa shape index (κ1) is 29.3. The predicted octanol–water partition coefficient (Wildman–Crippen LogP) is 15.6. The van der Waals surface area contributed by atoms with Crippen molar-refractivity contribution in [2.24, 2.45) is 0 Å². The summed E-state index contributed by atoms with van der Waals surface area (Å²) >= 11 is 0. The summed E-state index contributed by atoms with van der Waals surface area (Å²) in [5.41, 5.74) is 6.64. The number of hydrogen-bond donors (Lipinski definition) is 0. The zero-order chi connectivity index (χ0) is 35.8. The molecule has 13 rings (SSSR count).